The van der Waals surface area contributed by atoms with Gasteiger partial charge in [0.05, 0.1) is 14.2 Å². The maximum Gasteiger partial charge on any atom is 0.254 e. The Kier molecular flexibility index (Phi) is 4.99. The number of ether oxygens (including phenoxy) is 2. The standard InChI is InChI=1S/C17H18FNO3/c1-19(17(20)12-5-4-6-14(18)9-12)11-13-7-8-15(21-2)10-16(13)22-3/h4-10H,11H2,1-3H3. The molecular formula is C17H18FNO3. The van der Waals surface area contributed by atoms with Crippen molar-refractivity contribution in [1.82, 2.24) is 4.90 Å². The van der Waals surface area contributed by atoms with Crippen molar-refractivity contribution < 1.29 is 18.7 Å². The Morgan fingerprint density at radius 1 is 1.14 bits per heavy atom. The van der Waals surface area contributed by atoms with Gasteiger partial charge in [-0.2, -0.15) is 0 Å². The van der Waals surface area contributed by atoms with E-state index in [2.05, 4.69) is 0 Å². The molecule has 0 fully saturated rings. The minimum absolute atomic E-state index is 0.252. The smallest absolute Gasteiger partial charge is 0.254 e. The van der Waals surface area contributed by atoms with Crippen LogP contribution in [0.1, 0.15) is 15.9 Å². The lowest BCUT2D eigenvalue weighted by atomic mass is 10.1. The number of hydrogen-bond donors (Lipinski definition) is 0. The van der Waals surface area contributed by atoms with E-state index in [-0.39, 0.29) is 5.91 Å². The highest BCUT2D eigenvalue weighted by Gasteiger charge is 2.15. The molecule has 0 heterocycles. The van der Waals surface area contributed by atoms with Gasteiger partial charge < -0.3 is 14.4 Å². The van der Waals surface area contributed by atoms with Crippen LogP contribution in [0.25, 0.3) is 0 Å². The predicted molar refractivity (Wildman–Crippen MR) is 81.7 cm³/mol. The van der Waals surface area contributed by atoms with E-state index in [1.54, 1.807) is 39.5 Å². The number of nitrogens with zero attached hydrogens (tertiary/aromatic N) is 1. The molecule has 0 N–H and O–H groups in total. The Hall–Kier alpha value is -2.56. The second-order valence-corrected chi connectivity index (χ2v) is 4.85. The largest absolute Gasteiger partial charge is 0.497 e. The number of carbonyl (C=O) groups excluding carboxylic acids is 1. The van der Waals surface area contributed by atoms with Gasteiger partial charge in [-0.1, -0.05) is 6.07 Å². The molecule has 0 atom stereocenters. The topological polar surface area (TPSA) is 38.8 Å². The lowest BCUT2D eigenvalue weighted by molar-refractivity contribution is 0.0783. The third-order valence-corrected chi connectivity index (χ3v) is 3.32. The molecule has 0 aromatic heterocycles. The van der Waals surface area contributed by atoms with Gasteiger partial charge in [0.2, 0.25) is 0 Å². The van der Waals surface area contributed by atoms with Crippen LogP contribution >= 0.6 is 0 Å². The zero-order valence-electron chi connectivity index (χ0n) is 12.8. The minimum atomic E-state index is -0.429. The van der Waals surface area contributed by atoms with E-state index in [9.17, 15) is 9.18 Å². The third-order valence-electron chi connectivity index (χ3n) is 3.32. The lowest BCUT2D eigenvalue weighted by Crippen LogP contribution is -2.26. The summed E-state index contributed by atoms with van der Waals surface area (Å²) >= 11 is 0. The van der Waals surface area contributed by atoms with Crippen molar-refractivity contribution in [3.8, 4) is 11.5 Å². The lowest BCUT2D eigenvalue weighted by Gasteiger charge is -2.19. The highest BCUT2D eigenvalue weighted by Crippen LogP contribution is 2.25. The van der Waals surface area contributed by atoms with Gasteiger partial charge in [-0.05, 0) is 30.3 Å². The Morgan fingerprint density at radius 2 is 1.91 bits per heavy atom. The first-order valence-electron chi connectivity index (χ1n) is 6.77. The van der Waals surface area contributed by atoms with E-state index in [4.69, 9.17) is 9.47 Å². The van der Waals surface area contributed by atoms with Gasteiger partial charge in [0, 0.05) is 30.8 Å². The SMILES string of the molecule is COc1ccc(CN(C)C(=O)c2cccc(F)c2)c(OC)c1. The summed E-state index contributed by atoms with van der Waals surface area (Å²) in [6.07, 6.45) is 0. The van der Waals surface area contributed by atoms with Gasteiger partial charge in [-0.3, -0.25) is 4.79 Å². The molecule has 0 radical (unpaired) electrons. The van der Waals surface area contributed by atoms with E-state index < -0.39 is 5.82 Å². The number of methoxy groups -OCH3 is 2. The van der Waals surface area contributed by atoms with Crippen molar-refractivity contribution in [2.24, 2.45) is 0 Å². The summed E-state index contributed by atoms with van der Waals surface area (Å²) in [5.74, 6) is 0.636. The molecule has 5 heteroatoms. The first kappa shape index (κ1) is 15.8. The summed E-state index contributed by atoms with van der Waals surface area (Å²) in [4.78, 5) is 13.8. The van der Waals surface area contributed by atoms with Crippen LogP contribution in [-0.2, 0) is 6.54 Å². The second-order valence-electron chi connectivity index (χ2n) is 4.85. The van der Waals surface area contributed by atoms with Crippen LogP contribution in [0.15, 0.2) is 42.5 Å². The molecule has 0 spiro atoms. The molecule has 2 rings (SSSR count). The van der Waals surface area contributed by atoms with Gasteiger partial charge in [-0.25, -0.2) is 4.39 Å². The second kappa shape index (κ2) is 6.93. The van der Waals surface area contributed by atoms with E-state index in [1.165, 1.54) is 23.1 Å². The fourth-order valence-electron chi connectivity index (χ4n) is 2.15. The average molecular weight is 303 g/mol. The summed E-state index contributed by atoms with van der Waals surface area (Å²) in [5, 5.41) is 0. The summed E-state index contributed by atoms with van der Waals surface area (Å²) in [6.45, 7) is 0.350. The van der Waals surface area contributed by atoms with Crippen molar-refractivity contribution in [2.75, 3.05) is 21.3 Å². The van der Waals surface area contributed by atoms with Gasteiger partial charge >= 0.3 is 0 Å². The number of halogens is 1. The molecule has 4 nitrogen and oxygen atoms in total. The Balaban J connectivity index is 2.18. The molecule has 0 aliphatic carbocycles. The van der Waals surface area contributed by atoms with Gasteiger partial charge in [0.1, 0.15) is 17.3 Å². The number of hydrogen-bond acceptors (Lipinski definition) is 3. The molecule has 2 aromatic rings. The van der Waals surface area contributed by atoms with Gasteiger partial charge in [-0.15, -0.1) is 0 Å². The number of rotatable bonds is 5. The summed E-state index contributed by atoms with van der Waals surface area (Å²) in [6, 6.07) is 11.0. The monoisotopic (exact) mass is 303 g/mol. The Bertz CT molecular complexity index is 673. The van der Waals surface area contributed by atoms with Crippen LogP contribution in [0.3, 0.4) is 0 Å². The molecule has 0 saturated carbocycles. The van der Waals surface area contributed by atoms with Crippen molar-refractivity contribution in [3.05, 3.63) is 59.4 Å². The highest BCUT2D eigenvalue weighted by atomic mass is 19.1. The normalized spacial score (nSPS) is 10.2. The summed E-state index contributed by atoms with van der Waals surface area (Å²) < 4.78 is 23.7. The van der Waals surface area contributed by atoms with E-state index in [0.29, 0.717) is 23.6 Å². The fraction of sp³-hybridized carbons (Fsp3) is 0.235. The van der Waals surface area contributed by atoms with Crippen LogP contribution in [0.4, 0.5) is 4.39 Å². The van der Waals surface area contributed by atoms with Crippen LogP contribution in [-0.4, -0.2) is 32.1 Å². The van der Waals surface area contributed by atoms with Crippen molar-refractivity contribution in [3.63, 3.8) is 0 Å². The van der Waals surface area contributed by atoms with E-state index in [1.807, 2.05) is 6.07 Å². The molecule has 0 unspecified atom stereocenters. The molecule has 0 saturated heterocycles. The maximum atomic E-state index is 13.2. The molecule has 22 heavy (non-hydrogen) atoms. The van der Waals surface area contributed by atoms with Crippen molar-refractivity contribution in [1.29, 1.82) is 0 Å². The summed E-state index contributed by atoms with van der Waals surface area (Å²) in [5.41, 5.74) is 1.16. The number of carbonyl (C=O) groups is 1. The molecular weight excluding hydrogens is 285 g/mol. The van der Waals surface area contributed by atoms with E-state index in [0.717, 1.165) is 5.56 Å². The molecule has 116 valence electrons. The molecule has 0 aliphatic rings. The first-order valence-corrected chi connectivity index (χ1v) is 6.77. The zero-order valence-corrected chi connectivity index (χ0v) is 12.8. The zero-order chi connectivity index (χ0) is 16.1. The molecule has 0 bridgehead atoms. The summed E-state index contributed by atoms with van der Waals surface area (Å²) in [7, 11) is 4.80. The van der Waals surface area contributed by atoms with Crippen molar-refractivity contribution in [2.45, 2.75) is 6.54 Å². The minimum Gasteiger partial charge on any atom is -0.497 e. The van der Waals surface area contributed by atoms with Crippen molar-refractivity contribution >= 4 is 5.91 Å². The van der Waals surface area contributed by atoms with E-state index >= 15 is 0 Å². The molecule has 2 aromatic carbocycles. The van der Waals surface area contributed by atoms with Crippen LogP contribution in [0.2, 0.25) is 0 Å². The Labute approximate surface area is 129 Å². The number of amides is 1. The Morgan fingerprint density at radius 3 is 2.55 bits per heavy atom. The maximum absolute atomic E-state index is 13.2. The predicted octanol–water partition coefficient (Wildman–Crippen LogP) is 3.12. The average Bonchev–Trinajstić information content (AvgIpc) is 2.54. The molecule has 1 amide bonds. The molecule has 0 aliphatic heterocycles. The van der Waals surface area contributed by atoms with Gasteiger partial charge in [0.15, 0.2) is 0 Å². The fourth-order valence-corrected chi connectivity index (χ4v) is 2.15. The van der Waals surface area contributed by atoms with Crippen LogP contribution < -0.4 is 9.47 Å². The highest BCUT2D eigenvalue weighted by molar-refractivity contribution is 5.94. The van der Waals surface area contributed by atoms with Crippen LogP contribution in [0.5, 0.6) is 11.5 Å². The quantitative estimate of drug-likeness (QED) is 0.852. The van der Waals surface area contributed by atoms with Gasteiger partial charge in [0.25, 0.3) is 5.91 Å². The third kappa shape index (κ3) is 3.55. The first-order chi connectivity index (χ1) is 10.5. The number of benzene rings is 2. The van der Waals surface area contributed by atoms with Crippen LogP contribution in [0, 0.1) is 5.82 Å².